The van der Waals surface area contributed by atoms with Crippen LogP contribution in [0.2, 0.25) is 0 Å². The molecule has 0 radical (unpaired) electrons. The number of alkyl carbamates (subject to hydrolysis) is 2. The fraction of sp³-hybridized carbons (Fsp3) is 0.688. The average Bonchev–Trinajstić information content (AvgIpc) is 3.19. The van der Waals surface area contributed by atoms with Gasteiger partial charge in [0.05, 0.1) is 23.6 Å². The third kappa shape index (κ3) is 18.3. The highest BCUT2D eigenvalue weighted by atomic mass is 16.6. The van der Waals surface area contributed by atoms with Crippen LogP contribution in [0.15, 0.2) is 48.5 Å². The second-order valence-corrected chi connectivity index (χ2v) is 19.1. The molecule has 6 rings (SSSR count). The van der Waals surface area contributed by atoms with Crippen LogP contribution in [-0.2, 0) is 14.3 Å². The van der Waals surface area contributed by atoms with Crippen molar-refractivity contribution in [3.05, 3.63) is 48.5 Å². The zero-order valence-corrected chi connectivity index (χ0v) is 39.0. The number of ether oxygens (including phenoxy) is 4. The first-order chi connectivity index (χ1) is 28.8. The van der Waals surface area contributed by atoms with Gasteiger partial charge in [-0.1, -0.05) is 24.3 Å². The Bertz CT molecular complexity index is 1630. The van der Waals surface area contributed by atoms with Crippen LogP contribution in [0.5, 0.6) is 11.5 Å². The molecule has 2 heterocycles. The lowest BCUT2D eigenvalue weighted by Gasteiger charge is -2.43. The SMILES string of the molecule is CC(C)(C)OC(=O)NC1CCC(=O)CC1.CC(C)Oc1ccccc1N1CCN(C2CCC(NC(=O)OC(C)(C)C)CC2)CC1.CC(C)Oc1ccccc1N1CCNCC1. The highest BCUT2D eigenvalue weighted by molar-refractivity contribution is 5.79. The Hall–Kier alpha value is -4.23. The molecule has 0 aromatic heterocycles. The first-order valence-electron chi connectivity index (χ1n) is 22.8. The molecule has 0 unspecified atom stereocenters. The van der Waals surface area contributed by atoms with Gasteiger partial charge in [-0.05, 0) is 132 Å². The number of piperazine rings is 2. The van der Waals surface area contributed by atoms with E-state index in [0.29, 0.717) is 18.9 Å². The molecule has 2 aromatic rings. The molecule has 2 aromatic carbocycles. The van der Waals surface area contributed by atoms with E-state index < -0.39 is 11.2 Å². The van der Waals surface area contributed by atoms with E-state index in [1.54, 1.807) is 0 Å². The number of amides is 2. The van der Waals surface area contributed by atoms with Gasteiger partial charge >= 0.3 is 12.2 Å². The smallest absolute Gasteiger partial charge is 0.407 e. The maximum atomic E-state index is 12.0. The van der Waals surface area contributed by atoms with Crippen LogP contribution in [-0.4, -0.2) is 117 Å². The molecule has 3 N–H and O–H groups in total. The lowest BCUT2D eigenvalue weighted by atomic mass is 9.90. The summed E-state index contributed by atoms with van der Waals surface area (Å²) in [5.41, 5.74) is 1.52. The van der Waals surface area contributed by atoms with Crippen molar-refractivity contribution >= 4 is 29.3 Å². The van der Waals surface area contributed by atoms with E-state index >= 15 is 0 Å². The number of nitrogens with zero attached hydrogens (tertiary/aromatic N) is 3. The largest absolute Gasteiger partial charge is 0.489 e. The second-order valence-electron chi connectivity index (χ2n) is 19.1. The van der Waals surface area contributed by atoms with Gasteiger partial charge in [0, 0.05) is 83.3 Å². The van der Waals surface area contributed by atoms with Gasteiger partial charge < -0.3 is 44.7 Å². The molecule has 2 amide bonds. The van der Waals surface area contributed by atoms with E-state index in [9.17, 15) is 14.4 Å². The summed E-state index contributed by atoms with van der Waals surface area (Å²) in [6.45, 7) is 27.9. The van der Waals surface area contributed by atoms with E-state index in [-0.39, 0.29) is 42.3 Å². The molecule has 0 atom stereocenters. The fourth-order valence-electron chi connectivity index (χ4n) is 8.00. The number of anilines is 2. The summed E-state index contributed by atoms with van der Waals surface area (Å²) in [7, 11) is 0. The fourth-order valence-corrected chi connectivity index (χ4v) is 8.00. The third-order valence-electron chi connectivity index (χ3n) is 10.8. The van der Waals surface area contributed by atoms with Crippen LogP contribution < -0.4 is 35.2 Å². The number of benzene rings is 2. The van der Waals surface area contributed by atoms with Gasteiger partial charge in [0.2, 0.25) is 0 Å². The first-order valence-corrected chi connectivity index (χ1v) is 22.8. The van der Waals surface area contributed by atoms with E-state index in [1.165, 1.54) is 11.4 Å². The Labute approximate surface area is 366 Å². The van der Waals surface area contributed by atoms with E-state index in [4.69, 9.17) is 18.9 Å². The van der Waals surface area contributed by atoms with E-state index in [1.807, 2.05) is 53.7 Å². The van der Waals surface area contributed by atoms with Gasteiger partial charge in [-0.3, -0.25) is 9.69 Å². The standard InChI is InChI=1S/C24H39N3O3.C13H20N2O.C11H19NO3/c1-18(2)29-22-9-7-6-8-21(22)27-16-14-26(15-17-27)20-12-10-19(11-13-20)25-23(28)30-24(3,4)5;1-11(2)16-13-6-4-3-5-12(13)15-9-7-14-8-10-15;1-11(2,3)15-10(14)12-8-4-6-9(13)7-5-8/h6-9,18-20H,10-17H2,1-5H3,(H,25,28);3-6,11,14H,7-10H2,1-2H3;8H,4-7H2,1-3H3,(H,12,14). The third-order valence-corrected chi connectivity index (χ3v) is 10.8. The molecule has 13 nitrogen and oxygen atoms in total. The Morgan fingerprint density at radius 2 is 1.02 bits per heavy atom. The number of para-hydroxylation sites is 4. The summed E-state index contributed by atoms with van der Waals surface area (Å²) in [6.07, 6.45) is 6.65. The molecule has 2 aliphatic carbocycles. The van der Waals surface area contributed by atoms with Crippen molar-refractivity contribution in [2.75, 3.05) is 62.2 Å². The zero-order chi connectivity index (χ0) is 44.6. The van der Waals surface area contributed by atoms with Crippen molar-refractivity contribution in [1.82, 2.24) is 20.9 Å². The van der Waals surface area contributed by atoms with Gasteiger partial charge in [-0.2, -0.15) is 0 Å². The molecule has 4 aliphatic rings. The van der Waals surface area contributed by atoms with Crippen molar-refractivity contribution in [1.29, 1.82) is 0 Å². The molecule has 342 valence electrons. The van der Waals surface area contributed by atoms with Crippen LogP contribution >= 0.6 is 0 Å². The summed E-state index contributed by atoms with van der Waals surface area (Å²) in [5.74, 6) is 2.27. The maximum absolute atomic E-state index is 12.0. The quantitative estimate of drug-likeness (QED) is 0.225. The van der Waals surface area contributed by atoms with Crippen LogP contribution in [0.3, 0.4) is 0 Å². The first kappa shape index (κ1) is 49.4. The number of carbonyl (C=O) groups is 3. The number of ketones is 1. The highest BCUT2D eigenvalue weighted by Gasteiger charge is 2.31. The van der Waals surface area contributed by atoms with Crippen LogP contribution in [0.1, 0.15) is 121 Å². The second kappa shape index (κ2) is 23.8. The van der Waals surface area contributed by atoms with Crippen LogP contribution in [0.4, 0.5) is 21.0 Å². The zero-order valence-electron chi connectivity index (χ0n) is 39.0. The summed E-state index contributed by atoms with van der Waals surface area (Å²) in [4.78, 5) is 41.8. The summed E-state index contributed by atoms with van der Waals surface area (Å²) in [6, 6.07) is 17.6. The molecule has 4 fully saturated rings. The average molecular weight is 851 g/mol. The van der Waals surface area contributed by atoms with Gasteiger partial charge in [-0.15, -0.1) is 0 Å². The molecule has 61 heavy (non-hydrogen) atoms. The Morgan fingerprint density at radius 1 is 0.607 bits per heavy atom. The molecular formula is C48H78N6O7. The monoisotopic (exact) mass is 851 g/mol. The Balaban J connectivity index is 0.000000222. The molecule has 13 heteroatoms. The molecule has 0 bridgehead atoms. The Morgan fingerprint density at radius 3 is 1.44 bits per heavy atom. The van der Waals surface area contributed by atoms with Crippen molar-refractivity contribution in [2.24, 2.45) is 0 Å². The van der Waals surface area contributed by atoms with Crippen LogP contribution in [0, 0.1) is 0 Å². The Kier molecular flexibility index (Phi) is 19.3. The molecule has 2 saturated heterocycles. The summed E-state index contributed by atoms with van der Waals surface area (Å²) in [5, 5.41) is 9.19. The number of nitrogens with one attached hydrogen (secondary N) is 3. The topological polar surface area (TPSA) is 134 Å². The van der Waals surface area contributed by atoms with Gasteiger partial charge in [0.25, 0.3) is 0 Å². The van der Waals surface area contributed by atoms with Crippen molar-refractivity contribution in [3.63, 3.8) is 0 Å². The highest BCUT2D eigenvalue weighted by Crippen LogP contribution is 2.32. The van der Waals surface area contributed by atoms with Crippen molar-refractivity contribution in [3.8, 4) is 11.5 Å². The lowest BCUT2D eigenvalue weighted by Crippen LogP contribution is -2.52. The predicted octanol–water partition coefficient (Wildman–Crippen LogP) is 8.34. The number of hydrogen-bond donors (Lipinski definition) is 3. The minimum atomic E-state index is -0.464. The minimum Gasteiger partial charge on any atom is -0.489 e. The number of rotatable bonds is 9. The lowest BCUT2D eigenvalue weighted by molar-refractivity contribution is -0.120. The molecule has 0 spiro atoms. The predicted molar refractivity (Wildman–Crippen MR) is 245 cm³/mol. The van der Waals surface area contributed by atoms with E-state index in [0.717, 1.165) is 102 Å². The minimum absolute atomic E-state index is 0.0950. The number of carbonyl (C=O) groups excluding carboxylic acids is 3. The molecule has 2 saturated carbocycles. The summed E-state index contributed by atoms with van der Waals surface area (Å²) < 4.78 is 22.4. The van der Waals surface area contributed by atoms with Gasteiger partial charge in [0.1, 0.15) is 28.5 Å². The summed E-state index contributed by atoms with van der Waals surface area (Å²) >= 11 is 0. The van der Waals surface area contributed by atoms with Crippen molar-refractivity contribution < 1.29 is 33.3 Å². The maximum Gasteiger partial charge on any atom is 0.407 e. The molecular weight excluding hydrogens is 773 g/mol. The number of Topliss-reactive ketones (excluding diaryl/α,β-unsaturated/α-hetero) is 1. The number of hydrogen-bond acceptors (Lipinski definition) is 11. The van der Waals surface area contributed by atoms with Gasteiger partial charge in [-0.25, -0.2) is 9.59 Å². The van der Waals surface area contributed by atoms with Crippen LogP contribution in [0.25, 0.3) is 0 Å². The normalized spacial score (nSPS) is 20.4. The van der Waals surface area contributed by atoms with Crippen molar-refractivity contribution in [2.45, 2.75) is 162 Å². The molecule has 2 aliphatic heterocycles. The van der Waals surface area contributed by atoms with Gasteiger partial charge in [0.15, 0.2) is 0 Å². The van der Waals surface area contributed by atoms with E-state index in [2.05, 4.69) is 94.7 Å².